The Morgan fingerprint density at radius 2 is 1.74 bits per heavy atom. The van der Waals surface area contributed by atoms with Crippen LogP contribution in [0.1, 0.15) is 18.1 Å². The van der Waals surface area contributed by atoms with Gasteiger partial charge in [-0.1, -0.05) is 51.3 Å². The number of benzene rings is 2. The highest BCUT2D eigenvalue weighted by atomic mass is 79.9. The van der Waals surface area contributed by atoms with Gasteiger partial charge >= 0.3 is 0 Å². The van der Waals surface area contributed by atoms with E-state index in [0.717, 1.165) is 4.47 Å². The molecule has 0 saturated heterocycles. The molecule has 0 bridgehead atoms. The van der Waals surface area contributed by atoms with Crippen molar-refractivity contribution in [2.45, 2.75) is 12.5 Å². The van der Waals surface area contributed by atoms with E-state index < -0.39 is 11.4 Å². The van der Waals surface area contributed by atoms with E-state index in [1.807, 2.05) is 6.07 Å². The molecule has 0 spiro atoms. The third kappa shape index (κ3) is 2.95. The van der Waals surface area contributed by atoms with Crippen molar-refractivity contribution < 1.29 is 4.39 Å². The average molecular weight is 363 g/mol. The van der Waals surface area contributed by atoms with E-state index >= 15 is 0 Å². The maximum atomic E-state index is 14.0. The van der Waals surface area contributed by atoms with Crippen LogP contribution in [-0.4, -0.2) is 0 Å². The van der Waals surface area contributed by atoms with Crippen LogP contribution < -0.4 is 5.73 Å². The van der Waals surface area contributed by atoms with Crippen LogP contribution in [0.2, 0.25) is 10.0 Å². The van der Waals surface area contributed by atoms with Gasteiger partial charge in [-0.3, -0.25) is 0 Å². The Morgan fingerprint density at radius 3 is 2.32 bits per heavy atom. The topological polar surface area (TPSA) is 26.0 Å². The fourth-order valence-electron chi connectivity index (χ4n) is 1.97. The van der Waals surface area contributed by atoms with Gasteiger partial charge in [0.1, 0.15) is 5.82 Å². The van der Waals surface area contributed by atoms with Crippen LogP contribution >= 0.6 is 39.1 Å². The van der Waals surface area contributed by atoms with Crippen LogP contribution in [0, 0.1) is 5.82 Å². The van der Waals surface area contributed by atoms with Crippen LogP contribution in [0.25, 0.3) is 0 Å². The summed E-state index contributed by atoms with van der Waals surface area (Å²) in [6.45, 7) is 1.72. The lowest BCUT2D eigenvalue weighted by Gasteiger charge is -2.27. The summed E-state index contributed by atoms with van der Waals surface area (Å²) in [4.78, 5) is 0. The molecule has 5 heteroatoms. The Hall–Kier alpha value is -0.610. The van der Waals surface area contributed by atoms with E-state index in [4.69, 9.17) is 28.9 Å². The SMILES string of the molecule is CC(N)(c1ccc(Cl)cc1F)c1ccc(Br)cc1Cl. The number of halogens is 4. The summed E-state index contributed by atoms with van der Waals surface area (Å²) in [5.74, 6) is -0.448. The van der Waals surface area contributed by atoms with Gasteiger partial charge in [0.15, 0.2) is 0 Å². The van der Waals surface area contributed by atoms with E-state index in [-0.39, 0.29) is 0 Å². The van der Waals surface area contributed by atoms with Crippen molar-refractivity contribution in [1.82, 2.24) is 0 Å². The highest BCUT2D eigenvalue weighted by Gasteiger charge is 2.29. The fourth-order valence-corrected chi connectivity index (χ4v) is 2.99. The Bertz CT molecular complexity index is 575. The normalized spacial score (nSPS) is 14.2. The van der Waals surface area contributed by atoms with Gasteiger partial charge in [0.2, 0.25) is 0 Å². The Labute approximate surface area is 129 Å². The highest BCUT2D eigenvalue weighted by Crippen LogP contribution is 2.35. The minimum atomic E-state index is -1.04. The monoisotopic (exact) mass is 361 g/mol. The molecule has 0 heterocycles. The molecule has 2 aromatic carbocycles. The summed E-state index contributed by atoms with van der Waals surface area (Å²) in [6, 6.07) is 9.76. The minimum Gasteiger partial charge on any atom is -0.318 e. The van der Waals surface area contributed by atoms with E-state index in [2.05, 4.69) is 15.9 Å². The number of nitrogens with two attached hydrogens (primary N) is 1. The first-order valence-corrected chi connectivity index (χ1v) is 7.07. The molecule has 2 aromatic rings. The molecule has 0 aliphatic heterocycles. The molecule has 0 aliphatic carbocycles. The first-order chi connectivity index (χ1) is 8.82. The van der Waals surface area contributed by atoms with Gasteiger partial charge in [-0.15, -0.1) is 0 Å². The van der Waals surface area contributed by atoms with E-state index in [0.29, 0.717) is 21.2 Å². The highest BCUT2D eigenvalue weighted by molar-refractivity contribution is 9.10. The molecule has 0 fully saturated rings. The van der Waals surface area contributed by atoms with Crippen LogP contribution in [0.4, 0.5) is 4.39 Å². The Balaban J connectivity index is 2.58. The van der Waals surface area contributed by atoms with Crippen LogP contribution in [0.5, 0.6) is 0 Å². The second-order valence-electron chi connectivity index (χ2n) is 4.45. The van der Waals surface area contributed by atoms with Crippen molar-refractivity contribution in [2.24, 2.45) is 5.73 Å². The predicted octanol–water partition coefficient (Wildman–Crippen LogP) is 5.12. The second-order valence-corrected chi connectivity index (χ2v) is 6.21. The van der Waals surface area contributed by atoms with Crippen LogP contribution in [-0.2, 0) is 5.54 Å². The molecular weight excluding hydrogens is 352 g/mol. The zero-order valence-corrected chi connectivity index (χ0v) is 13.2. The summed E-state index contributed by atoms with van der Waals surface area (Å²) >= 11 is 15.3. The van der Waals surface area contributed by atoms with Crippen molar-refractivity contribution >= 4 is 39.1 Å². The van der Waals surface area contributed by atoms with Gasteiger partial charge < -0.3 is 5.73 Å². The molecule has 0 radical (unpaired) electrons. The molecule has 2 N–H and O–H groups in total. The standard InChI is InChI=1S/C14H11BrCl2FN/c1-14(19,10-4-2-8(15)6-12(10)17)11-5-3-9(16)7-13(11)18/h2-7H,19H2,1H3. The average Bonchev–Trinajstić information content (AvgIpc) is 2.27. The zero-order chi connectivity index (χ0) is 14.2. The molecule has 1 unspecified atom stereocenters. The molecule has 2 rings (SSSR count). The summed E-state index contributed by atoms with van der Waals surface area (Å²) in [6.07, 6.45) is 0. The third-order valence-corrected chi connectivity index (χ3v) is 4.02. The van der Waals surface area contributed by atoms with Crippen LogP contribution in [0.15, 0.2) is 40.9 Å². The summed E-state index contributed by atoms with van der Waals surface area (Å²) < 4.78 is 14.9. The van der Waals surface area contributed by atoms with Gasteiger partial charge in [0.05, 0.1) is 5.54 Å². The lowest BCUT2D eigenvalue weighted by atomic mass is 9.85. The van der Waals surface area contributed by atoms with Gasteiger partial charge in [0.25, 0.3) is 0 Å². The van der Waals surface area contributed by atoms with Crippen molar-refractivity contribution in [3.63, 3.8) is 0 Å². The molecule has 1 nitrogen and oxygen atoms in total. The molecule has 0 saturated carbocycles. The summed E-state index contributed by atoms with van der Waals surface area (Å²) in [7, 11) is 0. The lowest BCUT2D eigenvalue weighted by molar-refractivity contribution is 0.531. The van der Waals surface area contributed by atoms with Crippen molar-refractivity contribution in [2.75, 3.05) is 0 Å². The second kappa shape index (κ2) is 5.41. The largest absolute Gasteiger partial charge is 0.318 e. The predicted molar refractivity (Wildman–Crippen MR) is 81.2 cm³/mol. The van der Waals surface area contributed by atoms with E-state index in [1.54, 1.807) is 31.2 Å². The molecule has 19 heavy (non-hydrogen) atoms. The van der Waals surface area contributed by atoms with Gasteiger partial charge in [0, 0.05) is 20.1 Å². The number of hydrogen-bond acceptors (Lipinski definition) is 1. The smallest absolute Gasteiger partial charge is 0.130 e. The fraction of sp³-hybridized carbons (Fsp3) is 0.143. The molecule has 0 amide bonds. The quantitative estimate of drug-likeness (QED) is 0.788. The Kier molecular flexibility index (Phi) is 4.21. The zero-order valence-electron chi connectivity index (χ0n) is 10.1. The number of hydrogen-bond donors (Lipinski definition) is 1. The summed E-state index contributed by atoms with van der Waals surface area (Å²) in [5, 5.41) is 0.813. The molecule has 0 aromatic heterocycles. The van der Waals surface area contributed by atoms with E-state index in [1.165, 1.54) is 6.07 Å². The van der Waals surface area contributed by atoms with Crippen LogP contribution in [0.3, 0.4) is 0 Å². The maximum Gasteiger partial charge on any atom is 0.130 e. The first-order valence-electron chi connectivity index (χ1n) is 5.52. The van der Waals surface area contributed by atoms with Gasteiger partial charge in [-0.25, -0.2) is 4.39 Å². The van der Waals surface area contributed by atoms with E-state index in [9.17, 15) is 4.39 Å². The Morgan fingerprint density at radius 1 is 1.11 bits per heavy atom. The molecule has 1 atom stereocenters. The van der Waals surface area contributed by atoms with Crippen molar-refractivity contribution in [1.29, 1.82) is 0 Å². The summed E-state index contributed by atoms with van der Waals surface area (Å²) in [5.41, 5.74) is 6.24. The number of rotatable bonds is 2. The minimum absolute atomic E-state index is 0.332. The maximum absolute atomic E-state index is 14.0. The van der Waals surface area contributed by atoms with Crippen molar-refractivity contribution in [3.05, 3.63) is 67.9 Å². The van der Waals surface area contributed by atoms with Gasteiger partial charge in [-0.2, -0.15) is 0 Å². The first kappa shape index (κ1) is 14.8. The molecular formula is C14H11BrCl2FN. The van der Waals surface area contributed by atoms with Crippen molar-refractivity contribution in [3.8, 4) is 0 Å². The third-order valence-electron chi connectivity index (χ3n) is 2.98. The molecule has 100 valence electrons. The lowest BCUT2D eigenvalue weighted by Crippen LogP contribution is -2.35. The molecule has 0 aliphatic rings. The van der Waals surface area contributed by atoms with Gasteiger partial charge in [-0.05, 0) is 36.8 Å².